The van der Waals surface area contributed by atoms with E-state index in [1.165, 1.54) is 6.08 Å². The summed E-state index contributed by atoms with van der Waals surface area (Å²) in [5.74, 6) is 2.01. The molecule has 0 saturated carbocycles. The van der Waals surface area contributed by atoms with Crippen LogP contribution in [0.2, 0.25) is 5.02 Å². The van der Waals surface area contributed by atoms with E-state index in [0.717, 1.165) is 70.9 Å². The van der Waals surface area contributed by atoms with Gasteiger partial charge in [0.2, 0.25) is 5.91 Å². The summed E-state index contributed by atoms with van der Waals surface area (Å²) in [4.78, 5) is 36.4. The number of piperazine rings is 1. The number of ether oxygens (including phenoxy) is 1. The molecule has 0 spiro atoms. The number of amides is 1. The molecular formula is C36H41ClN10O2. The minimum atomic E-state index is -0.311. The third kappa shape index (κ3) is 6.78. The number of anilines is 2. The van der Waals surface area contributed by atoms with Crippen LogP contribution in [0.5, 0.6) is 6.01 Å². The van der Waals surface area contributed by atoms with Crippen LogP contribution in [0.4, 0.5) is 11.5 Å². The van der Waals surface area contributed by atoms with Gasteiger partial charge in [0.05, 0.1) is 35.8 Å². The van der Waals surface area contributed by atoms with Crippen molar-refractivity contribution < 1.29 is 9.53 Å². The average Bonchev–Trinajstić information content (AvgIpc) is 3.67. The zero-order valence-corrected chi connectivity index (χ0v) is 29.0. The first kappa shape index (κ1) is 32.8. The molecule has 254 valence electrons. The van der Waals surface area contributed by atoms with Gasteiger partial charge in [-0.05, 0) is 64.2 Å². The van der Waals surface area contributed by atoms with Crippen LogP contribution in [0, 0.1) is 25.2 Å². The summed E-state index contributed by atoms with van der Waals surface area (Å²) in [7, 11) is 2.13. The molecule has 2 atom stereocenters. The molecule has 5 heterocycles. The van der Waals surface area contributed by atoms with Gasteiger partial charge in [-0.1, -0.05) is 35.9 Å². The molecule has 1 amide bonds. The minimum absolute atomic E-state index is 0.161. The number of fused-ring (bicyclic) bond motifs is 2. The van der Waals surface area contributed by atoms with Gasteiger partial charge < -0.3 is 24.3 Å². The van der Waals surface area contributed by atoms with Gasteiger partial charge >= 0.3 is 6.01 Å². The standard InChI is InChI=1S/C36H41ClN10O2/c1-24-39-25(2)47(42-24)18-14-33(48)46-20-19-45(21-27(46)12-15-38)35-29-13-17-44(32-11-5-8-26-7-4-10-30(37)34(26)32)22-31(29)40-36(41-35)49-23-28-9-6-16-43(28)3/h4-5,7-8,10-11,14,18,27-28H,6,9,12-13,16-17,19-23H2,1-3H3/b18-14+/t27-,28-/m0/s1. The number of nitriles is 1. The van der Waals surface area contributed by atoms with Gasteiger partial charge in [-0.25, -0.2) is 9.67 Å². The van der Waals surface area contributed by atoms with Crippen LogP contribution in [-0.2, 0) is 17.8 Å². The Morgan fingerprint density at radius 1 is 1.06 bits per heavy atom. The minimum Gasteiger partial charge on any atom is -0.462 e. The Hall–Kier alpha value is -4.73. The van der Waals surface area contributed by atoms with E-state index in [1.807, 2.05) is 26.0 Å². The van der Waals surface area contributed by atoms with Gasteiger partial charge in [-0.15, -0.1) is 0 Å². The maximum absolute atomic E-state index is 13.4. The van der Waals surface area contributed by atoms with Crippen molar-refractivity contribution in [1.29, 1.82) is 5.26 Å². The number of rotatable bonds is 8. The van der Waals surface area contributed by atoms with Crippen molar-refractivity contribution in [2.75, 3.05) is 56.2 Å². The van der Waals surface area contributed by atoms with Crippen molar-refractivity contribution in [3.8, 4) is 12.1 Å². The molecule has 0 aliphatic carbocycles. The highest BCUT2D eigenvalue weighted by Gasteiger charge is 2.34. The van der Waals surface area contributed by atoms with E-state index in [4.69, 9.17) is 26.3 Å². The monoisotopic (exact) mass is 680 g/mol. The molecule has 0 unspecified atom stereocenters. The van der Waals surface area contributed by atoms with E-state index in [9.17, 15) is 10.1 Å². The molecular weight excluding hydrogens is 640 g/mol. The Morgan fingerprint density at radius 3 is 2.65 bits per heavy atom. The van der Waals surface area contributed by atoms with Gasteiger partial charge in [0.15, 0.2) is 0 Å². The van der Waals surface area contributed by atoms with Crippen LogP contribution < -0.4 is 14.5 Å². The van der Waals surface area contributed by atoms with Crippen LogP contribution >= 0.6 is 11.6 Å². The number of aromatic nitrogens is 5. The van der Waals surface area contributed by atoms with Crippen LogP contribution in [0.1, 0.15) is 42.2 Å². The predicted octanol–water partition coefficient (Wildman–Crippen LogP) is 4.63. The number of carbonyl (C=O) groups is 1. The molecule has 2 aromatic carbocycles. The van der Waals surface area contributed by atoms with Gasteiger partial charge in [-0.2, -0.15) is 20.3 Å². The molecule has 13 heteroatoms. The Kier molecular flexibility index (Phi) is 9.38. The highest BCUT2D eigenvalue weighted by Crippen LogP contribution is 2.37. The predicted molar refractivity (Wildman–Crippen MR) is 190 cm³/mol. The number of benzene rings is 2. The number of likely N-dealkylation sites (tertiary alicyclic amines) is 1. The van der Waals surface area contributed by atoms with Gasteiger partial charge in [-0.3, -0.25) is 4.79 Å². The average molecular weight is 681 g/mol. The fourth-order valence-electron chi connectivity index (χ4n) is 7.35. The molecule has 3 aliphatic rings. The number of halogens is 1. The van der Waals surface area contributed by atoms with Crippen LogP contribution in [-0.4, -0.2) is 98.9 Å². The van der Waals surface area contributed by atoms with Crippen LogP contribution in [0.25, 0.3) is 17.0 Å². The summed E-state index contributed by atoms with van der Waals surface area (Å²) in [5, 5.41) is 17.0. The summed E-state index contributed by atoms with van der Waals surface area (Å²) < 4.78 is 7.93. The smallest absolute Gasteiger partial charge is 0.318 e. The molecule has 2 saturated heterocycles. The molecule has 4 aromatic rings. The lowest BCUT2D eigenvalue weighted by Gasteiger charge is -2.42. The van der Waals surface area contributed by atoms with Gasteiger partial charge in [0.25, 0.3) is 0 Å². The molecule has 0 bridgehead atoms. The lowest BCUT2D eigenvalue weighted by molar-refractivity contribution is -0.128. The van der Waals surface area contributed by atoms with Crippen molar-refractivity contribution >= 4 is 46.0 Å². The second-order valence-electron chi connectivity index (χ2n) is 13.1. The molecule has 0 radical (unpaired) electrons. The van der Waals surface area contributed by atoms with Gasteiger partial charge in [0.1, 0.15) is 24.1 Å². The zero-order chi connectivity index (χ0) is 34.1. The third-order valence-corrected chi connectivity index (χ3v) is 10.2. The van der Waals surface area contributed by atoms with Crippen molar-refractivity contribution in [2.24, 2.45) is 0 Å². The number of nitrogens with zero attached hydrogens (tertiary/aromatic N) is 10. The van der Waals surface area contributed by atoms with Crippen molar-refractivity contribution in [3.05, 3.63) is 70.4 Å². The van der Waals surface area contributed by atoms with E-state index >= 15 is 0 Å². The van der Waals surface area contributed by atoms with Crippen molar-refractivity contribution in [2.45, 2.75) is 58.2 Å². The largest absolute Gasteiger partial charge is 0.462 e. The molecule has 12 nitrogen and oxygen atoms in total. The quantitative estimate of drug-likeness (QED) is 0.244. The number of hydrogen-bond acceptors (Lipinski definition) is 10. The second-order valence-corrected chi connectivity index (χ2v) is 13.5. The summed E-state index contributed by atoms with van der Waals surface area (Å²) >= 11 is 6.74. The normalized spacial score (nSPS) is 19.9. The molecule has 3 aliphatic heterocycles. The Morgan fingerprint density at radius 2 is 1.90 bits per heavy atom. The molecule has 0 N–H and O–H groups in total. The van der Waals surface area contributed by atoms with E-state index in [-0.39, 0.29) is 18.4 Å². The van der Waals surface area contributed by atoms with Crippen molar-refractivity contribution in [3.63, 3.8) is 0 Å². The first-order valence-corrected chi connectivity index (χ1v) is 17.3. The number of carbonyl (C=O) groups excluding carboxylic acids is 1. The first-order valence-electron chi connectivity index (χ1n) is 16.9. The second kappa shape index (κ2) is 14.0. The van der Waals surface area contributed by atoms with Crippen LogP contribution in [0.3, 0.4) is 0 Å². The SMILES string of the molecule is Cc1nc(C)n(/C=C/C(=O)N2CCN(c3nc(OC[C@@H]4CCCN4C)nc4c3CCN(c3cccc5cccc(Cl)c35)C4)C[C@@H]2CC#N)n1. The number of aryl methyl sites for hydroxylation is 2. The fraction of sp³-hybridized carbons (Fsp3) is 0.444. The maximum atomic E-state index is 13.4. The summed E-state index contributed by atoms with van der Waals surface area (Å²) in [6, 6.07) is 15.0. The van der Waals surface area contributed by atoms with E-state index in [0.29, 0.717) is 56.5 Å². The van der Waals surface area contributed by atoms with Crippen LogP contribution in [0.15, 0.2) is 42.5 Å². The summed E-state index contributed by atoms with van der Waals surface area (Å²) in [6.07, 6.45) is 6.32. The lowest BCUT2D eigenvalue weighted by atomic mass is 10.0. The Balaban J connectivity index is 1.17. The Bertz CT molecular complexity index is 1930. The zero-order valence-electron chi connectivity index (χ0n) is 28.2. The molecule has 7 rings (SSSR count). The highest BCUT2D eigenvalue weighted by molar-refractivity contribution is 6.36. The van der Waals surface area contributed by atoms with E-state index < -0.39 is 0 Å². The highest BCUT2D eigenvalue weighted by atomic mass is 35.5. The fourth-order valence-corrected chi connectivity index (χ4v) is 7.62. The molecule has 2 fully saturated rings. The molecule has 49 heavy (non-hydrogen) atoms. The topological polar surface area (TPSA) is 120 Å². The summed E-state index contributed by atoms with van der Waals surface area (Å²) in [6.45, 7) is 8.09. The third-order valence-electron chi connectivity index (χ3n) is 9.93. The van der Waals surface area contributed by atoms with E-state index in [2.05, 4.69) is 62.2 Å². The lowest BCUT2D eigenvalue weighted by Crippen LogP contribution is -2.55. The summed E-state index contributed by atoms with van der Waals surface area (Å²) in [5.41, 5.74) is 3.08. The molecule has 2 aromatic heterocycles. The Labute approximate surface area is 291 Å². The number of hydrogen-bond donors (Lipinski definition) is 0. The van der Waals surface area contributed by atoms with Gasteiger partial charge in [0, 0.05) is 61.1 Å². The van der Waals surface area contributed by atoms with E-state index in [1.54, 1.807) is 15.8 Å². The number of likely N-dealkylation sites (N-methyl/N-ethyl adjacent to an activating group) is 1. The first-order chi connectivity index (χ1) is 23.8. The maximum Gasteiger partial charge on any atom is 0.318 e. The van der Waals surface area contributed by atoms with Crippen molar-refractivity contribution in [1.82, 2.24) is 34.5 Å².